The van der Waals surface area contributed by atoms with E-state index in [9.17, 15) is 14.0 Å². The van der Waals surface area contributed by atoms with Gasteiger partial charge in [0.25, 0.3) is 0 Å². The number of rotatable bonds is 4. The Labute approximate surface area is 186 Å². The molecule has 2 heterocycles. The summed E-state index contributed by atoms with van der Waals surface area (Å²) in [5.41, 5.74) is 2.81. The highest BCUT2D eigenvalue weighted by molar-refractivity contribution is 5.60. The van der Waals surface area contributed by atoms with Crippen molar-refractivity contribution in [2.45, 2.75) is 31.3 Å². The molecule has 1 saturated carbocycles. The summed E-state index contributed by atoms with van der Waals surface area (Å²) in [7, 11) is 0. The largest absolute Gasteiger partial charge is 0.368 e. The highest BCUT2D eigenvalue weighted by atomic mass is 19.1. The third-order valence-corrected chi connectivity index (χ3v) is 6.71. The van der Waals surface area contributed by atoms with Gasteiger partial charge in [-0.1, -0.05) is 12.1 Å². The third-order valence-electron chi connectivity index (χ3n) is 6.71. The van der Waals surface area contributed by atoms with Crippen LogP contribution in [0.3, 0.4) is 0 Å². The molecule has 5 rings (SSSR count). The van der Waals surface area contributed by atoms with Gasteiger partial charge in [0, 0.05) is 50.0 Å². The van der Waals surface area contributed by atoms with E-state index in [0.29, 0.717) is 23.3 Å². The second kappa shape index (κ2) is 8.71. The molecule has 1 aromatic heterocycles. The van der Waals surface area contributed by atoms with E-state index in [2.05, 4.69) is 21.0 Å². The predicted molar refractivity (Wildman–Crippen MR) is 119 cm³/mol. The summed E-state index contributed by atoms with van der Waals surface area (Å²) < 4.78 is 29.1. The van der Waals surface area contributed by atoms with Crippen molar-refractivity contribution in [3.8, 4) is 17.3 Å². The first-order valence-corrected chi connectivity index (χ1v) is 11.1. The smallest absolute Gasteiger partial charge is 0.126 e. The van der Waals surface area contributed by atoms with Crippen LogP contribution in [0.4, 0.5) is 14.5 Å². The summed E-state index contributed by atoms with van der Waals surface area (Å²) in [6.07, 6.45) is 5.10. The number of benzene rings is 2. The number of nitriles is 1. The van der Waals surface area contributed by atoms with E-state index in [0.717, 1.165) is 62.8 Å². The number of anilines is 1. The van der Waals surface area contributed by atoms with Gasteiger partial charge >= 0.3 is 0 Å². The molecule has 2 aliphatic rings. The molecule has 0 spiro atoms. The van der Waals surface area contributed by atoms with Crippen LogP contribution in [0, 0.1) is 23.0 Å². The Morgan fingerprint density at radius 1 is 0.906 bits per heavy atom. The van der Waals surface area contributed by atoms with Crippen LogP contribution in [0.25, 0.3) is 11.3 Å². The fourth-order valence-electron chi connectivity index (χ4n) is 5.08. The van der Waals surface area contributed by atoms with Crippen molar-refractivity contribution >= 4 is 5.69 Å². The maximum absolute atomic E-state index is 13.6. The van der Waals surface area contributed by atoms with E-state index in [1.54, 1.807) is 0 Å². The average molecular weight is 434 g/mol. The molecule has 1 saturated heterocycles. The quantitative estimate of drug-likeness (QED) is 0.603. The average Bonchev–Trinajstić information content (AvgIpc) is 3.48. The number of aromatic nitrogens is 2. The lowest BCUT2D eigenvalue weighted by Gasteiger charge is -2.39. The molecule has 164 valence electrons. The lowest BCUT2D eigenvalue weighted by molar-refractivity contribution is 0.183. The topological polar surface area (TPSA) is 48.1 Å². The zero-order chi connectivity index (χ0) is 22.1. The van der Waals surface area contributed by atoms with Crippen LogP contribution in [-0.4, -0.2) is 46.9 Å². The molecular weight excluding hydrogens is 408 g/mol. The molecular formula is C25H25F2N5. The molecule has 5 nitrogen and oxygen atoms in total. The van der Waals surface area contributed by atoms with Crippen LogP contribution < -0.4 is 4.90 Å². The van der Waals surface area contributed by atoms with Crippen molar-refractivity contribution in [3.05, 3.63) is 71.9 Å². The molecule has 1 aliphatic heterocycles. The minimum atomic E-state index is -0.591. The summed E-state index contributed by atoms with van der Waals surface area (Å²) in [6, 6.07) is 16.2. The van der Waals surface area contributed by atoms with Crippen LogP contribution in [0.2, 0.25) is 0 Å². The summed E-state index contributed by atoms with van der Waals surface area (Å²) >= 11 is 0. The van der Waals surface area contributed by atoms with E-state index in [4.69, 9.17) is 0 Å². The van der Waals surface area contributed by atoms with Crippen molar-refractivity contribution in [1.82, 2.24) is 14.7 Å². The first kappa shape index (κ1) is 20.7. The van der Waals surface area contributed by atoms with Crippen molar-refractivity contribution in [3.63, 3.8) is 0 Å². The van der Waals surface area contributed by atoms with Crippen LogP contribution in [0.15, 0.2) is 54.7 Å². The van der Waals surface area contributed by atoms with Crippen LogP contribution in [0.5, 0.6) is 0 Å². The predicted octanol–water partition coefficient (Wildman–Crippen LogP) is 4.62. The molecule has 2 atom stereocenters. The number of nitrogens with zero attached hydrogens (tertiary/aromatic N) is 5. The van der Waals surface area contributed by atoms with Gasteiger partial charge in [0.15, 0.2) is 0 Å². The monoisotopic (exact) mass is 433 g/mol. The molecule has 7 heteroatoms. The van der Waals surface area contributed by atoms with Gasteiger partial charge in [-0.25, -0.2) is 8.78 Å². The Bertz CT molecular complexity index is 1120. The van der Waals surface area contributed by atoms with E-state index >= 15 is 0 Å². The van der Waals surface area contributed by atoms with Gasteiger partial charge in [-0.2, -0.15) is 10.4 Å². The van der Waals surface area contributed by atoms with E-state index < -0.39 is 11.6 Å². The molecule has 2 unspecified atom stereocenters. The van der Waals surface area contributed by atoms with Gasteiger partial charge in [0.1, 0.15) is 17.7 Å². The zero-order valence-corrected chi connectivity index (χ0v) is 17.8. The van der Waals surface area contributed by atoms with E-state index in [1.807, 2.05) is 41.2 Å². The normalized spacial score (nSPS) is 21.6. The first-order valence-electron chi connectivity index (χ1n) is 11.1. The molecule has 1 aliphatic carbocycles. The standard InChI is InChI=1S/C25H25F2N5/c26-20-13-19(14-21(27)15-20)24-7-8-32(29-24)23-6-5-22(16-23)30-9-11-31(12-10-30)25-4-2-1-3-18(25)17-28/h1-4,7-8,13-15,22-23H,5-6,9-12,16H2. The summed E-state index contributed by atoms with van der Waals surface area (Å²) in [4.78, 5) is 4.86. The van der Waals surface area contributed by atoms with Crippen molar-refractivity contribution in [2.24, 2.45) is 0 Å². The number of hydrogen-bond acceptors (Lipinski definition) is 4. The van der Waals surface area contributed by atoms with E-state index in [-0.39, 0.29) is 0 Å². The second-order valence-electron chi connectivity index (χ2n) is 8.61. The first-order chi connectivity index (χ1) is 15.6. The molecule has 0 N–H and O–H groups in total. The van der Waals surface area contributed by atoms with Gasteiger partial charge in [0.2, 0.25) is 0 Å². The lowest BCUT2D eigenvalue weighted by atomic mass is 10.1. The SMILES string of the molecule is N#Cc1ccccc1N1CCN(C2CCC(n3ccc(-c4cc(F)cc(F)c4)n3)C2)CC1. The molecule has 3 aromatic rings. The fourth-order valence-corrected chi connectivity index (χ4v) is 5.08. The maximum Gasteiger partial charge on any atom is 0.126 e. The second-order valence-corrected chi connectivity index (χ2v) is 8.61. The number of halogens is 2. The van der Waals surface area contributed by atoms with E-state index in [1.165, 1.54) is 12.1 Å². The molecule has 0 amide bonds. The summed E-state index contributed by atoms with van der Waals surface area (Å²) in [5, 5.41) is 14.0. The Balaban J connectivity index is 1.21. The van der Waals surface area contributed by atoms with Gasteiger partial charge in [-0.3, -0.25) is 9.58 Å². The van der Waals surface area contributed by atoms with Gasteiger partial charge < -0.3 is 4.90 Å². The maximum atomic E-state index is 13.6. The zero-order valence-electron chi connectivity index (χ0n) is 17.8. The van der Waals surface area contributed by atoms with Crippen LogP contribution >= 0.6 is 0 Å². The Morgan fingerprint density at radius 3 is 2.38 bits per heavy atom. The highest BCUT2D eigenvalue weighted by Gasteiger charge is 2.32. The molecule has 2 aromatic carbocycles. The van der Waals surface area contributed by atoms with Crippen molar-refractivity contribution in [1.29, 1.82) is 5.26 Å². The van der Waals surface area contributed by atoms with Crippen molar-refractivity contribution < 1.29 is 8.78 Å². The Kier molecular flexibility index (Phi) is 5.62. The fraction of sp³-hybridized carbons (Fsp3) is 0.360. The van der Waals surface area contributed by atoms with Gasteiger partial charge in [-0.05, 0) is 49.6 Å². The van der Waals surface area contributed by atoms with Crippen LogP contribution in [0.1, 0.15) is 30.9 Å². The molecule has 32 heavy (non-hydrogen) atoms. The summed E-state index contributed by atoms with van der Waals surface area (Å²) in [5.74, 6) is -1.18. The minimum absolute atomic E-state index is 0.296. The van der Waals surface area contributed by atoms with Crippen LogP contribution in [-0.2, 0) is 0 Å². The minimum Gasteiger partial charge on any atom is -0.368 e. The summed E-state index contributed by atoms with van der Waals surface area (Å²) in [6.45, 7) is 3.78. The molecule has 0 radical (unpaired) electrons. The number of piperazine rings is 1. The lowest BCUT2D eigenvalue weighted by Crippen LogP contribution is -2.50. The third kappa shape index (κ3) is 4.11. The highest BCUT2D eigenvalue weighted by Crippen LogP contribution is 2.34. The molecule has 0 bridgehead atoms. The number of hydrogen-bond donors (Lipinski definition) is 0. The van der Waals surface area contributed by atoms with Gasteiger partial charge in [0.05, 0.1) is 23.0 Å². The number of para-hydroxylation sites is 1. The van der Waals surface area contributed by atoms with Gasteiger partial charge in [-0.15, -0.1) is 0 Å². The Morgan fingerprint density at radius 2 is 1.62 bits per heavy atom. The van der Waals surface area contributed by atoms with Crippen molar-refractivity contribution in [2.75, 3.05) is 31.1 Å². The molecule has 2 fully saturated rings. The Hall–Kier alpha value is -3.24.